The predicted molar refractivity (Wildman–Crippen MR) is 80.6 cm³/mol. The molecule has 0 saturated heterocycles. The second-order valence-electron chi connectivity index (χ2n) is 6.01. The molecule has 2 N–H and O–H groups in total. The van der Waals surface area contributed by atoms with Gasteiger partial charge in [-0.3, -0.25) is 0 Å². The zero-order valence-corrected chi connectivity index (χ0v) is 13.3. The standard InChI is InChI=1S/C15H24BrNO/c1-11(17)14(18-10-9-15(2,3)4)12-5-7-13(16)8-6-12/h5-8,11,14H,9-10,17H2,1-4H3. The van der Waals surface area contributed by atoms with Gasteiger partial charge in [0.15, 0.2) is 0 Å². The summed E-state index contributed by atoms with van der Waals surface area (Å²) in [6.45, 7) is 9.39. The van der Waals surface area contributed by atoms with Crippen LogP contribution in [0.25, 0.3) is 0 Å². The van der Waals surface area contributed by atoms with Crippen LogP contribution in [0.2, 0.25) is 0 Å². The summed E-state index contributed by atoms with van der Waals surface area (Å²) in [5.74, 6) is 0. The molecule has 0 aliphatic carbocycles. The molecule has 1 rings (SSSR count). The molecule has 0 radical (unpaired) electrons. The Kier molecular flexibility index (Phi) is 5.83. The molecule has 0 fully saturated rings. The molecule has 0 aliphatic rings. The van der Waals surface area contributed by atoms with Gasteiger partial charge in [-0.25, -0.2) is 0 Å². The maximum absolute atomic E-state index is 6.02. The van der Waals surface area contributed by atoms with Gasteiger partial charge in [0, 0.05) is 17.1 Å². The maximum atomic E-state index is 6.02. The average Bonchev–Trinajstić information content (AvgIpc) is 2.24. The van der Waals surface area contributed by atoms with E-state index < -0.39 is 0 Å². The van der Waals surface area contributed by atoms with Crippen molar-refractivity contribution in [3.63, 3.8) is 0 Å². The van der Waals surface area contributed by atoms with Crippen molar-refractivity contribution in [2.45, 2.75) is 46.3 Å². The molecule has 18 heavy (non-hydrogen) atoms. The van der Waals surface area contributed by atoms with Crippen LogP contribution < -0.4 is 5.73 Å². The normalized spacial score (nSPS) is 15.4. The second kappa shape index (κ2) is 6.69. The van der Waals surface area contributed by atoms with Gasteiger partial charge in [0.2, 0.25) is 0 Å². The highest BCUT2D eigenvalue weighted by Gasteiger charge is 2.18. The minimum Gasteiger partial charge on any atom is -0.372 e. The van der Waals surface area contributed by atoms with Gasteiger partial charge in [-0.15, -0.1) is 0 Å². The molecular formula is C15H24BrNO. The van der Waals surface area contributed by atoms with Crippen molar-refractivity contribution in [3.05, 3.63) is 34.3 Å². The van der Waals surface area contributed by atoms with Crippen molar-refractivity contribution in [3.8, 4) is 0 Å². The Labute approximate surface area is 119 Å². The SMILES string of the molecule is CC(N)C(OCCC(C)(C)C)c1ccc(Br)cc1. The van der Waals surface area contributed by atoms with Gasteiger partial charge >= 0.3 is 0 Å². The molecule has 1 aromatic carbocycles. The van der Waals surface area contributed by atoms with Gasteiger partial charge in [0.25, 0.3) is 0 Å². The summed E-state index contributed by atoms with van der Waals surface area (Å²) in [5, 5.41) is 0. The van der Waals surface area contributed by atoms with E-state index in [-0.39, 0.29) is 12.1 Å². The first kappa shape index (κ1) is 15.7. The smallest absolute Gasteiger partial charge is 0.0972 e. The van der Waals surface area contributed by atoms with Gasteiger partial charge < -0.3 is 10.5 Å². The summed E-state index contributed by atoms with van der Waals surface area (Å²) in [6.07, 6.45) is 1.01. The minimum absolute atomic E-state index is 0.00820. The summed E-state index contributed by atoms with van der Waals surface area (Å²) in [6, 6.07) is 8.17. The first-order valence-corrected chi connectivity index (χ1v) is 7.21. The van der Waals surface area contributed by atoms with Gasteiger partial charge in [0.1, 0.15) is 0 Å². The third-order valence-corrected chi connectivity index (χ3v) is 3.35. The molecule has 0 amide bonds. The first-order valence-electron chi connectivity index (χ1n) is 6.42. The van der Waals surface area contributed by atoms with E-state index in [9.17, 15) is 0 Å². The summed E-state index contributed by atoms with van der Waals surface area (Å²) in [5.41, 5.74) is 7.45. The number of hydrogen-bond donors (Lipinski definition) is 1. The average molecular weight is 314 g/mol. The lowest BCUT2D eigenvalue weighted by molar-refractivity contribution is 0.0241. The van der Waals surface area contributed by atoms with Crippen molar-refractivity contribution in [2.75, 3.05) is 6.61 Å². The minimum atomic E-state index is -0.0274. The molecular weight excluding hydrogens is 290 g/mol. The van der Waals surface area contributed by atoms with Crippen molar-refractivity contribution >= 4 is 15.9 Å². The Morgan fingerprint density at radius 2 is 1.78 bits per heavy atom. The number of hydrogen-bond acceptors (Lipinski definition) is 2. The Hall–Kier alpha value is -0.380. The van der Waals surface area contributed by atoms with Crippen molar-refractivity contribution in [2.24, 2.45) is 11.1 Å². The number of rotatable bonds is 5. The third kappa shape index (κ3) is 5.51. The van der Waals surface area contributed by atoms with Crippen LogP contribution in [-0.4, -0.2) is 12.6 Å². The predicted octanol–water partition coefficient (Wildman–Crippen LogP) is 4.29. The van der Waals surface area contributed by atoms with Crippen molar-refractivity contribution < 1.29 is 4.74 Å². The van der Waals surface area contributed by atoms with Gasteiger partial charge in [0.05, 0.1) is 6.10 Å². The van der Waals surface area contributed by atoms with E-state index in [1.54, 1.807) is 0 Å². The Bertz CT molecular complexity index is 354. The number of nitrogens with two attached hydrogens (primary N) is 1. The molecule has 102 valence electrons. The Morgan fingerprint density at radius 3 is 2.22 bits per heavy atom. The lowest BCUT2D eigenvalue weighted by Crippen LogP contribution is -2.28. The highest BCUT2D eigenvalue weighted by Crippen LogP contribution is 2.25. The van der Waals surface area contributed by atoms with E-state index in [0.29, 0.717) is 5.41 Å². The molecule has 3 heteroatoms. The molecule has 1 aromatic rings. The lowest BCUT2D eigenvalue weighted by Gasteiger charge is -2.25. The Balaban J connectivity index is 2.63. The van der Waals surface area contributed by atoms with Crippen LogP contribution in [0, 0.1) is 5.41 Å². The maximum Gasteiger partial charge on any atom is 0.0972 e. The van der Waals surface area contributed by atoms with Crippen LogP contribution in [0.15, 0.2) is 28.7 Å². The fraction of sp³-hybridized carbons (Fsp3) is 0.600. The topological polar surface area (TPSA) is 35.2 Å². The van der Waals surface area contributed by atoms with Crippen LogP contribution >= 0.6 is 15.9 Å². The third-order valence-electron chi connectivity index (χ3n) is 2.83. The van der Waals surface area contributed by atoms with E-state index in [1.165, 1.54) is 0 Å². The zero-order chi connectivity index (χ0) is 13.8. The second-order valence-corrected chi connectivity index (χ2v) is 6.93. The highest BCUT2D eigenvalue weighted by atomic mass is 79.9. The highest BCUT2D eigenvalue weighted by molar-refractivity contribution is 9.10. The summed E-state index contributed by atoms with van der Waals surface area (Å²) in [4.78, 5) is 0. The first-order chi connectivity index (χ1) is 8.29. The van der Waals surface area contributed by atoms with E-state index in [1.807, 2.05) is 19.1 Å². The van der Waals surface area contributed by atoms with Crippen molar-refractivity contribution in [1.29, 1.82) is 0 Å². The molecule has 0 bridgehead atoms. The van der Waals surface area contributed by atoms with E-state index in [2.05, 4.69) is 48.8 Å². The molecule has 0 heterocycles. The quantitative estimate of drug-likeness (QED) is 0.880. The molecule has 2 nitrogen and oxygen atoms in total. The number of halogens is 1. The molecule has 0 spiro atoms. The van der Waals surface area contributed by atoms with E-state index >= 15 is 0 Å². The molecule has 0 aliphatic heterocycles. The number of benzene rings is 1. The van der Waals surface area contributed by atoms with Crippen LogP contribution in [0.1, 0.15) is 45.8 Å². The molecule has 2 atom stereocenters. The number of ether oxygens (including phenoxy) is 1. The summed E-state index contributed by atoms with van der Waals surface area (Å²) < 4.78 is 7.04. The van der Waals surface area contributed by atoms with Crippen LogP contribution in [-0.2, 0) is 4.74 Å². The Morgan fingerprint density at radius 1 is 1.22 bits per heavy atom. The fourth-order valence-corrected chi connectivity index (χ4v) is 1.96. The molecule has 2 unspecified atom stereocenters. The van der Waals surface area contributed by atoms with E-state index in [0.717, 1.165) is 23.1 Å². The monoisotopic (exact) mass is 313 g/mol. The van der Waals surface area contributed by atoms with Crippen molar-refractivity contribution in [1.82, 2.24) is 0 Å². The lowest BCUT2D eigenvalue weighted by atomic mass is 9.93. The van der Waals surface area contributed by atoms with Gasteiger partial charge in [-0.2, -0.15) is 0 Å². The zero-order valence-electron chi connectivity index (χ0n) is 11.7. The van der Waals surface area contributed by atoms with Crippen LogP contribution in [0.5, 0.6) is 0 Å². The van der Waals surface area contributed by atoms with Crippen LogP contribution in [0.4, 0.5) is 0 Å². The summed E-state index contributed by atoms with van der Waals surface area (Å²) >= 11 is 3.44. The van der Waals surface area contributed by atoms with Gasteiger partial charge in [-0.1, -0.05) is 48.8 Å². The van der Waals surface area contributed by atoms with E-state index in [4.69, 9.17) is 10.5 Å². The molecule has 0 saturated carbocycles. The molecule has 0 aromatic heterocycles. The van der Waals surface area contributed by atoms with Crippen LogP contribution in [0.3, 0.4) is 0 Å². The van der Waals surface area contributed by atoms with Gasteiger partial charge in [-0.05, 0) is 36.5 Å². The largest absolute Gasteiger partial charge is 0.372 e. The fourth-order valence-electron chi connectivity index (χ4n) is 1.70. The summed E-state index contributed by atoms with van der Waals surface area (Å²) in [7, 11) is 0.